The average molecular weight is 356 g/mol. The van der Waals surface area contributed by atoms with E-state index in [1.165, 1.54) is 18.2 Å². The molecule has 5 nitrogen and oxygen atoms in total. The minimum atomic E-state index is -3.78. The van der Waals surface area contributed by atoms with Gasteiger partial charge in [-0.2, -0.15) is 0 Å². The van der Waals surface area contributed by atoms with Gasteiger partial charge in [0.1, 0.15) is 4.90 Å². The number of carboxylic acids is 1. The minimum Gasteiger partial charge on any atom is -0.478 e. The Morgan fingerprint density at radius 1 is 1.10 bits per heavy atom. The molecule has 0 spiro atoms. The molecule has 0 aliphatic rings. The number of para-hydroxylation sites is 1. The molecule has 0 aliphatic heterocycles. The Balaban J connectivity index is 2.37. The van der Waals surface area contributed by atoms with E-state index in [0.717, 1.165) is 0 Å². The number of nitrogens with one attached hydrogen (secondary N) is 1. The van der Waals surface area contributed by atoms with Gasteiger partial charge in [-0.05, 0) is 46.3 Å². The predicted molar refractivity (Wildman–Crippen MR) is 78.4 cm³/mol. The van der Waals surface area contributed by atoms with Gasteiger partial charge in [-0.3, -0.25) is 4.72 Å². The van der Waals surface area contributed by atoms with Crippen LogP contribution in [0.1, 0.15) is 10.4 Å². The van der Waals surface area contributed by atoms with Crippen molar-refractivity contribution in [2.45, 2.75) is 4.90 Å². The van der Waals surface area contributed by atoms with Crippen molar-refractivity contribution >= 4 is 37.6 Å². The number of hydrogen-bond donors (Lipinski definition) is 2. The Bertz CT molecular complexity index is 744. The molecule has 104 valence electrons. The van der Waals surface area contributed by atoms with E-state index < -0.39 is 16.0 Å². The Labute approximate surface area is 124 Å². The van der Waals surface area contributed by atoms with Crippen LogP contribution in [0.5, 0.6) is 0 Å². The number of rotatable bonds is 4. The van der Waals surface area contributed by atoms with E-state index in [0.29, 0.717) is 5.69 Å². The van der Waals surface area contributed by atoms with E-state index in [4.69, 9.17) is 5.11 Å². The quantitative estimate of drug-likeness (QED) is 0.882. The molecule has 7 heteroatoms. The van der Waals surface area contributed by atoms with Gasteiger partial charge in [-0.25, -0.2) is 13.2 Å². The van der Waals surface area contributed by atoms with Crippen LogP contribution in [0.15, 0.2) is 57.9 Å². The fourth-order valence-electron chi connectivity index (χ4n) is 1.57. The van der Waals surface area contributed by atoms with Gasteiger partial charge in [0.25, 0.3) is 10.0 Å². The molecule has 0 bridgehead atoms. The van der Waals surface area contributed by atoms with Gasteiger partial charge >= 0.3 is 5.97 Å². The Morgan fingerprint density at radius 3 is 2.30 bits per heavy atom. The van der Waals surface area contributed by atoms with E-state index in [1.807, 2.05) is 0 Å². The molecule has 0 radical (unpaired) electrons. The Morgan fingerprint density at radius 2 is 1.75 bits per heavy atom. The fraction of sp³-hybridized carbons (Fsp3) is 0. The van der Waals surface area contributed by atoms with Crippen LogP contribution in [-0.4, -0.2) is 19.5 Å². The summed E-state index contributed by atoms with van der Waals surface area (Å²) in [5.41, 5.74) is 0.442. The minimum absolute atomic E-state index is 0.00976. The van der Waals surface area contributed by atoms with Crippen molar-refractivity contribution < 1.29 is 18.3 Å². The van der Waals surface area contributed by atoms with Crippen LogP contribution in [-0.2, 0) is 10.0 Å². The first-order valence-corrected chi connectivity index (χ1v) is 7.78. The predicted octanol–water partition coefficient (Wildman–Crippen LogP) is 2.95. The zero-order valence-corrected chi connectivity index (χ0v) is 12.5. The second-order valence-electron chi connectivity index (χ2n) is 3.92. The van der Waals surface area contributed by atoms with Gasteiger partial charge in [0.05, 0.1) is 5.56 Å². The third kappa shape index (κ3) is 3.17. The van der Waals surface area contributed by atoms with Crippen molar-refractivity contribution in [1.29, 1.82) is 0 Å². The number of carbonyl (C=O) groups is 1. The summed E-state index contributed by atoms with van der Waals surface area (Å²) in [6, 6.07) is 12.2. The number of carboxylic acid groups (broad SMARTS) is 1. The normalized spacial score (nSPS) is 11.1. The summed E-state index contributed by atoms with van der Waals surface area (Å²) >= 11 is 3.08. The molecule has 0 saturated heterocycles. The standard InChI is InChI=1S/C13H10BrNO4S/c14-11-8-9(13(16)17)6-7-12(11)20(18,19)15-10-4-2-1-3-5-10/h1-8,15H,(H,16,17). The molecule has 20 heavy (non-hydrogen) atoms. The first kappa shape index (κ1) is 14.5. The van der Waals surface area contributed by atoms with Crippen LogP contribution in [0.2, 0.25) is 0 Å². The average Bonchev–Trinajstić information content (AvgIpc) is 2.38. The highest BCUT2D eigenvalue weighted by Gasteiger charge is 2.19. The summed E-state index contributed by atoms with van der Waals surface area (Å²) in [6.45, 7) is 0. The van der Waals surface area contributed by atoms with Crippen LogP contribution < -0.4 is 4.72 Å². The molecule has 0 heterocycles. The molecule has 0 amide bonds. The highest BCUT2D eigenvalue weighted by atomic mass is 79.9. The van der Waals surface area contributed by atoms with Crippen LogP contribution in [0, 0.1) is 0 Å². The van der Waals surface area contributed by atoms with Crippen LogP contribution in [0.4, 0.5) is 5.69 Å². The smallest absolute Gasteiger partial charge is 0.335 e. The molecule has 0 fully saturated rings. The topological polar surface area (TPSA) is 83.5 Å². The maximum atomic E-state index is 12.2. The summed E-state index contributed by atoms with van der Waals surface area (Å²) in [7, 11) is -3.78. The van der Waals surface area contributed by atoms with E-state index in [1.54, 1.807) is 30.3 Å². The third-order valence-electron chi connectivity index (χ3n) is 2.49. The maximum Gasteiger partial charge on any atom is 0.335 e. The molecule has 2 aromatic carbocycles. The maximum absolute atomic E-state index is 12.2. The number of benzene rings is 2. The van der Waals surface area contributed by atoms with E-state index in [-0.39, 0.29) is 14.9 Å². The Hall–Kier alpha value is -1.86. The number of sulfonamides is 1. The Kier molecular flexibility index (Phi) is 4.10. The van der Waals surface area contributed by atoms with Crippen LogP contribution in [0.3, 0.4) is 0 Å². The summed E-state index contributed by atoms with van der Waals surface area (Å²) in [4.78, 5) is 10.8. The zero-order valence-electron chi connectivity index (χ0n) is 10.1. The van der Waals surface area contributed by atoms with Crippen molar-refractivity contribution in [2.24, 2.45) is 0 Å². The molecule has 2 N–H and O–H groups in total. The number of aromatic carboxylic acids is 1. The first-order valence-electron chi connectivity index (χ1n) is 5.51. The molecular formula is C13H10BrNO4S. The van der Waals surface area contributed by atoms with Crippen molar-refractivity contribution in [3.05, 3.63) is 58.6 Å². The van der Waals surface area contributed by atoms with Gasteiger partial charge in [0, 0.05) is 10.2 Å². The number of halogens is 1. The summed E-state index contributed by atoms with van der Waals surface area (Å²) in [5, 5.41) is 8.85. The van der Waals surface area contributed by atoms with E-state index in [2.05, 4.69) is 20.7 Å². The van der Waals surface area contributed by atoms with Crippen molar-refractivity contribution in [2.75, 3.05) is 4.72 Å². The van der Waals surface area contributed by atoms with Crippen molar-refractivity contribution in [1.82, 2.24) is 0 Å². The van der Waals surface area contributed by atoms with Gasteiger partial charge in [-0.15, -0.1) is 0 Å². The molecule has 0 atom stereocenters. The largest absolute Gasteiger partial charge is 0.478 e. The fourth-order valence-corrected chi connectivity index (χ4v) is 3.71. The van der Waals surface area contributed by atoms with Gasteiger partial charge in [0.15, 0.2) is 0 Å². The second kappa shape index (κ2) is 5.64. The van der Waals surface area contributed by atoms with Crippen LogP contribution >= 0.6 is 15.9 Å². The molecular weight excluding hydrogens is 346 g/mol. The highest BCUT2D eigenvalue weighted by Crippen LogP contribution is 2.25. The molecule has 0 aromatic heterocycles. The molecule has 0 aliphatic carbocycles. The molecule has 0 saturated carbocycles. The monoisotopic (exact) mass is 355 g/mol. The summed E-state index contributed by atoms with van der Waals surface area (Å²) in [5.74, 6) is -1.12. The SMILES string of the molecule is O=C(O)c1ccc(S(=O)(=O)Nc2ccccc2)c(Br)c1. The van der Waals surface area contributed by atoms with Crippen molar-refractivity contribution in [3.63, 3.8) is 0 Å². The van der Waals surface area contributed by atoms with Gasteiger partial charge in [0.2, 0.25) is 0 Å². The summed E-state index contributed by atoms with van der Waals surface area (Å²) < 4.78 is 27.0. The first-order chi connectivity index (χ1) is 9.40. The number of anilines is 1. The lowest BCUT2D eigenvalue weighted by Crippen LogP contribution is -2.14. The van der Waals surface area contributed by atoms with Crippen molar-refractivity contribution in [3.8, 4) is 0 Å². The molecule has 2 rings (SSSR count). The van der Waals surface area contributed by atoms with E-state index in [9.17, 15) is 13.2 Å². The van der Waals surface area contributed by atoms with E-state index >= 15 is 0 Å². The summed E-state index contributed by atoms with van der Waals surface area (Å²) in [6.07, 6.45) is 0. The zero-order chi connectivity index (χ0) is 14.8. The lowest BCUT2D eigenvalue weighted by molar-refractivity contribution is 0.0696. The number of hydrogen-bond acceptors (Lipinski definition) is 3. The molecule has 0 unspecified atom stereocenters. The third-order valence-corrected chi connectivity index (χ3v) is 4.85. The van der Waals surface area contributed by atoms with Crippen LogP contribution in [0.25, 0.3) is 0 Å². The second-order valence-corrected chi connectivity index (χ2v) is 6.43. The molecule has 2 aromatic rings. The van der Waals surface area contributed by atoms with Gasteiger partial charge < -0.3 is 5.11 Å². The van der Waals surface area contributed by atoms with Gasteiger partial charge in [-0.1, -0.05) is 18.2 Å². The lowest BCUT2D eigenvalue weighted by atomic mass is 10.2. The lowest BCUT2D eigenvalue weighted by Gasteiger charge is -2.10. The highest BCUT2D eigenvalue weighted by molar-refractivity contribution is 9.10.